The van der Waals surface area contributed by atoms with E-state index in [0.717, 1.165) is 24.6 Å². The van der Waals surface area contributed by atoms with Crippen LogP contribution in [-0.4, -0.2) is 34.9 Å². The third-order valence-electron chi connectivity index (χ3n) is 4.09. The number of thiazole rings is 1. The zero-order chi connectivity index (χ0) is 15.4. The maximum Gasteiger partial charge on any atom is 0.0897 e. The highest BCUT2D eigenvalue weighted by Crippen LogP contribution is 2.20. The Morgan fingerprint density at radius 3 is 2.68 bits per heavy atom. The molecule has 1 aliphatic rings. The van der Waals surface area contributed by atoms with Gasteiger partial charge in [-0.05, 0) is 56.9 Å². The van der Waals surface area contributed by atoms with E-state index in [9.17, 15) is 0 Å². The summed E-state index contributed by atoms with van der Waals surface area (Å²) in [6.07, 6.45) is 4.14. The Morgan fingerprint density at radius 1 is 1.14 bits per heavy atom. The summed E-state index contributed by atoms with van der Waals surface area (Å²) in [5.41, 5.74) is 2.68. The van der Waals surface area contributed by atoms with Crippen molar-refractivity contribution in [3.05, 3.63) is 38.0 Å². The number of piperidine rings is 1. The van der Waals surface area contributed by atoms with E-state index in [-0.39, 0.29) is 0 Å². The van der Waals surface area contributed by atoms with E-state index in [4.69, 9.17) is 0 Å². The number of likely N-dealkylation sites (tertiary alicyclic amines) is 1. The highest BCUT2D eigenvalue weighted by atomic mass is 32.1. The fourth-order valence-electron chi connectivity index (χ4n) is 3.05. The first-order valence-electron chi connectivity index (χ1n) is 8.07. The predicted octanol–water partition coefficient (Wildman–Crippen LogP) is 4.13. The maximum atomic E-state index is 4.55. The molecule has 1 aliphatic heterocycles. The molecule has 0 N–H and O–H groups in total. The lowest BCUT2D eigenvalue weighted by Gasteiger charge is -2.25. The van der Waals surface area contributed by atoms with Crippen LogP contribution in [0.4, 0.5) is 0 Å². The molecule has 0 amide bonds. The third kappa shape index (κ3) is 4.62. The average Bonchev–Trinajstić information content (AvgIpc) is 3.09. The summed E-state index contributed by atoms with van der Waals surface area (Å²) >= 11 is 3.63. The fourth-order valence-corrected chi connectivity index (χ4v) is 4.61. The van der Waals surface area contributed by atoms with Gasteiger partial charge in [0.05, 0.1) is 10.7 Å². The summed E-state index contributed by atoms with van der Waals surface area (Å²) in [6, 6.07) is 2.39. The van der Waals surface area contributed by atoms with Crippen molar-refractivity contribution < 1.29 is 0 Å². The number of hydrogen-bond acceptors (Lipinski definition) is 5. The summed E-state index contributed by atoms with van der Waals surface area (Å²) in [5.74, 6) is 0. The summed E-state index contributed by atoms with van der Waals surface area (Å²) in [7, 11) is 2.18. The molecule has 3 heterocycles. The molecule has 0 aliphatic carbocycles. The molecule has 5 heteroatoms. The number of nitrogens with zero attached hydrogens (tertiary/aromatic N) is 3. The van der Waals surface area contributed by atoms with Crippen LogP contribution in [0.1, 0.15) is 40.4 Å². The van der Waals surface area contributed by atoms with Crippen molar-refractivity contribution in [3.8, 4) is 0 Å². The highest BCUT2D eigenvalue weighted by Gasteiger charge is 2.12. The monoisotopic (exact) mass is 335 g/mol. The minimum atomic E-state index is 0.934. The lowest BCUT2D eigenvalue weighted by molar-refractivity contribution is 0.221. The summed E-state index contributed by atoms with van der Waals surface area (Å²) < 4.78 is 0. The first-order valence-corrected chi connectivity index (χ1v) is 9.83. The maximum absolute atomic E-state index is 4.55. The molecule has 0 unspecified atom stereocenters. The molecule has 1 fully saturated rings. The largest absolute Gasteiger partial charge is 0.299 e. The van der Waals surface area contributed by atoms with Crippen molar-refractivity contribution in [2.24, 2.45) is 0 Å². The first-order chi connectivity index (χ1) is 10.7. The Labute approximate surface area is 141 Å². The molecule has 1 saturated heterocycles. The topological polar surface area (TPSA) is 19.4 Å². The van der Waals surface area contributed by atoms with Crippen molar-refractivity contribution in [2.45, 2.75) is 45.8 Å². The number of aryl methyl sites for hydroxylation is 1. The van der Waals surface area contributed by atoms with Gasteiger partial charge in [0.25, 0.3) is 0 Å². The molecule has 3 rings (SSSR count). The van der Waals surface area contributed by atoms with Gasteiger partial charge < -0.3 is 0 Å². The highest BCUT2D eigenvalue weighted by molar-refractivity contribution is 7.10. The van der Waals surface area contributed by atoms with Crippen molar-refractivity contribution >= 4 is 22.7 Å². The Bertz CT molecular complexity index is 584. The second-order valence-electron chi connectivity index (χ2n) is 6.29. The predicted molar refractivity (Wildman–Crippen MR) is 95.5 cm³/mol. The van der Waals surface area contributed by atoms with Crippen LogP contribution in [0.25, 0.3) is 0 Å². The number of thiophene rings is 1. The zero-order valence-electron chi connectivity index (χ0n) is 13.5. The molecule has 22 heavy (non-hydrogen) atoms. The van der Waals surface area contributed by atoms with Gasteiger partial charge in [-0.2, -0.15) is 0 Å². The summed E-state index contributed by atoms with van der Waals surface area (Å²) in [4.78, 5) is 11.0. The van der Waals surface area contributed by atoms with Crippen LogP contribution in [0, 0.1) is 6.92 Å². The standard InChI is InChI=1S/C17H25N3S2/c1-14-18-16(13-21-14)10-19(2)11-17-8-15(12-22-17)9-20-6-4-3-5-7-20/h8,12-13H,3-7,9-11H2,1-2H3. The fraction of sp³-hybridized carbons (Fsp3) is 0.588. The van der Waals surface area contributed by atoms with Gasteiger partial charge in [0, 0.05) is 29.9 Å². The van der Waals surface area contributed by atoms with Crippen molar-refractivity contribution in [2.75, 3.05) is 20.1 Å². The molecular formula is C17H25N3S2. The number of hydrogen-bond donors (Lipinski definition) is 0. The van der Waals surface area contributed by atoms with Crippen LogP contribution in [0.3, 0.4) is 0 Å². The van der Waals surface area contributed by atoms with Gasteiger partial charge in [-0.25, -0.2) is 4.98 Å². The van der Waals surface area contributed by atoms with Crippen LogP contribution in [0.5, 0.6) is 0 Å². The van der Waals surface area contributed by atoms with Crippen LogP contribution >= 0.6 is 22.7 Å². The van der Waals surface area contributed by atoms with E-state index in [1.54, 1.807) is 11.3 Å². The number of rotatable bonds is 6. The second-order valence-corrected chi connectivity index (χ2v) is 8.35. The van der Waals surface area contributed by atoms with E-state index in [1.165, 1.54) is 48.5 Å². The van der Waals surface area contributed by atoms with E-state index in [1.807, 2.05) is 11.3 Å². The summed E-state index contributed by atoms with van der Waals surface area (Å²) in [5, 5.41) is 5.66. The summed E-state index contributed by atoms with van der Waals surface area (Å²) in [6.45, 7) is 7.69. The Balaban J connectivity index is 1.50. The second kappa shape index (κ2) is 7.68. The van der Waals surface area contributed by atoms with E-state index in [0.29, 0.717) is 0 Å². The molecule has 2 aromatic rings. The minimum absolute atomic E-state index is 0.934. The Hall–Kier alpha value is -0.750. The molecule has 2 aromatic heterocycles. The normalized spacial score (nSPS) is 16.5. The molecule has 0 spiro atoms. The lowest BCUT2D eigenvalue weighted by atomic mass is 10.1. The molecule has 0 bridgehead atoms. The van der Waals surface area contributed by atoms with Gasteiger partial charge in [0.2, 0.25) is 0 Å². The van der Waals surface area contributed by atoms with Crippen LogP contribution in [0.2, 0.25) is 0 Å². The number of aromatic nitrogens is 1. The molecule has 0 atom stereocenters. The molecular weight excluding hydrogens is 310 g/mol. The van der Waals surface area contributed by atoms with Gasteiger partial charge in [0.1, 0.15) is 0 Å². The van der Waals surface area contributed by atoms with Crippen LogP contribution in [0.15, 0.2) is 16.8 Å². The Morgan fingerprint density at radius 2 is 1.95 bits per heavy atom. The van der Waals surface area contributed by atoms with Crippen molar-refractivity contribution in [1.82, 2.24) is 14.8 Å². The van der Waals surface area contributed by atoms with E-state index in [2.05, 4.69) is 45.6 Å². The van der Waals surface area contributed by atoms with Gasteiger partial charge >= 0.3 is 0 Å². The van der Waals surface area contributed by atoms with E-state index >= 15 is 0 Å². The van der Waals surface area contributed by atoms with Gasteiger partial charge in [-0.3, -0.25) is 9.80 Å². The first kappa shape index (κ1) is 16.1. The molecule has 3 nitrogen and oxygen atoms in total. The SMILES string of the molecule is Cc1nc(CN(C)Cc2cc(CN3CCCCC3)cs2)cs1. The van der Waals surface area contributed by atoms with Crippen LogP contribution < -0.4 is 0 Å². The molecule has 0 radical (unpaired) electrons. The van der Waals surface area contributed by atoms with Gasteiger partial charge in [0.15, 0.2) is 0 Å². The lowest BCUT2D eigenvalue weighted by Crippen LogP contribution is -2.28. The zero-order valence-corrected chi connectivity index (χ0v) is 15.2. The molecule has 0 aromatic carbocycles. The molecule has 0 saturated carbocycles. The third-order valence-corrected chi connectivity index (χ3v) is 5.88. The quantitative estimate of drug-likeness (QED) is 0.791. The van der Waals surface area contributed by atoms with E-state index < -0.39 is 0 Å². The van der Waals surface area contributed by atoms with Crippen molar-refractivity contribution in [3.63, 3.8) is 0 Å². The van der Waals surface area contributed by atoms with Crippen molar-refractivity contribution in [1.29, 1.82) is 0 Å². The van der Waals surface area contributed by atoms with Gasteiger partial charge in [-0.15, -0.1) is 22.7 Å². The minimum Gasteiger partial charge on any atom is -0.299 e. The van der Waals surface area contributed by atoms with Gasteiger partial charge in [-0.1, -0.05) is 6.42 Å². The Kier molecular flexibility index (Phi) is 5.63. The smallest absolute Gasteiger partial charge is 0.0897 e. The van der Waals surface area contributed by atoms with Crippen LogP contribution in [-0.2, 0) is 19.6 Å². The average molecular weight is 336 g/mol. The molecule has 120 valence electrons.